The molecule has 0 aliphatic carbocycles. The van der Waals surface area contributed by atoms with E-state index in [9.17, 15) is 34.0 Å². The van der Waals surface area contributed by atoms with E-state index in [4.69, 9.17) is 23.5 Å². The van der Waals surface area contributed by atoms with Crippen LogP contribution in [0.2, 0.25) is 0 Å². The van der Waals surface area contributed by atoms with Gasteiger partial charge in [0.05, 0.1) is 19.8 Å². The molecule has 0 bridgehead atoms. The lowest BCUT2D eigenvalue weighted by atomic mass is 9.99. The van der Waals surface area contributed by atoms with Gasteiger partial charge >= 0.3 is 10.4 Å². The number of unbranched alkanes of at least 4 members (excludes halogenated alkanes) is 11. The van der Waals surface area contributed by atoms with Crippen molar-refractivity contribution in [3.05, 3.63) is 0 Å². The van der Waals surface area contributed by atoms with Gasteiger partial charge < -0.3 is 44.5 Å². The molecule has 14 heteroatoms. The topological polar surface area (TPSA) is 202 Å². The molecule has 0 amide bonds. The van der Waals surface area contributed by atoms with E-state index >= 15 is 0 Å². The largest absolute Gasteiger partial charge is 0.397 e. The first-order valence-corrected chi connectivity index (χ1v) is 15.9. The zero-order chi connectivity index (χ0) is 29.5. The van der Waals surface area contributed by atoms with Crippen LogP contribution in [0.5, 0.6) is 0 Å². The molecular weight excluding hydrogens is 552 g/mol. The average Bonchev–Trinajstić information content (AvgIpc) is 3.27. The van der Waals surface area contributed by atoms with Crippen LogP contribution in [0.25, 0.3) is 0 Å². The SMILES string of the molecule is CCCCCCCCCCCCCCOC[C@@H](O)[C@@H]1OC[C@H](O)[C@H]1O[C@@H]1O[C@H](CO)[C@H](O)[C@H](OS(=O)(=O)O)[C@H]1O. The van der Waals surface area contributed by atoms with Crippen molar-refractivity contribution in [2.75, 3.05) is 26.4 Å². The number of ether oxygens (including phenoxy) is 4. The Labute approximate surface area is 237 Å². The van der Waals surface area contributed by atoms with Crippen LogP contribution in [0, 0.1) is 0 Å². The molecule has 2 saturated heterocycles. The summed E-state index contributed by atoms with van der Waals surface area (Å²) in [6, 6.07) is 0. The predicted octanol–water partition coefficient (Wildman–Crippen LogP) is 0.837. The third kappa shape index (κ3) is 12.4. The molecule has 6 N–H and O–H groups in total. The first-order chi connectivity index (χ1) is 19.1. The highest BCUT2D eigenvalue weighted by Gasteiger charge is 2.51. The van der Waals surface area contributed by atoms with Crippen molar-refractivity contribution >= 4 is 10.4 Å². The van der Waals surface area contributed by atoms with E-state index in [2.05, 4.69) is 11.1 Å². The highest BCUT2D eigenvalue weighted by atomic mass is 32.3. The maximum absolute atomic E-state index is 11.2. The molecule has 9 atom stereocenters. The minimum absolute atomic E-state index is 0.0875. The molecule has 0 aromatic rings. The maximum atomic E-state index is 11.2. The number of aliphatic hydroxyl groups is 5. The van der Waals surface area contributed by atoms with E-state index in [0.29, 0.717) is 6.61 Å². The highest BCUT2D eigenvalue weighted by molar-refractivity contribution is 7.80. The molecule has 0 aromatic heterocycles. The average molecular weight is 603 g/mol. The maximum Gasteiger partial charge on any atom is 0.397 e. The summed E-state index contributed by atoms with van der Waals surface area (Å²) in [6.45, 7) is 1.61. The number of aliphatic hydroxyl groups excluding tert-OH is 5. The van der Waals surface area contributed by atoms with Gasteiger partial charge in [0.25, 0.3) is 0 Å². The number of hydrogen-bond acceptors (Lipinski definition) is 12. The van der Waals surface area contributed by atoms with E-state index in [0.717, 1.165) is 19.3 Å². The Hall–Kier alpha value is -0.490. The standard InChI is InChI=1S/C26H50O13S/c1-2-3-4-5-6-7-8-9-10-11-12-13-14-35-16-18(28)23-24(19(29)17-36-23)38-26-22(31)25(39-40(32,33)34)21(30)20(15-27)37-26/h18-31H,2-17H2,1H3,(H,32,33,34)/t18-,19+,20-,21+,22-,23+,24-,25+,26+/m1/s1. The van der Waals surface area contributed by atoms with Crippen molar-refractivity contribution in [1.82, 2.24) is 0 Å². The van der Waals surface area contributed by atoms with Crippen LogP contribution >= 0.6 is 0 Å². The zero-order valence-electron chi connectivity index (χ0n) is 23.5. The first kappa shape index (κ1) is 35.7. The van der Waals surface area contributed by atoms with Gasteiger partial charge in [-0.05, 0) is 6.42 Å². The fraction of sp³-hybridized carbons (Fsp3) is 1.00. The lowest BCUT2D eigenvalue weighted by Gasteiger charge is -2.42. The van der Waals surface area contributed by atoms with E-state index in [-0.39, 0.29) is 13.2 Å². The van der Waals surface area contributed by atoms with Gasteiger partial charge in [-0.1, -0.05) is 77.6 Å². The van der Waals surface area contributed by atoms with Crippen molar-refractivity contribution in [2.24, 2.45) is 0 Å². The molecule has 0 unspecified atom stereocenters. The molecule has 40 heavy (non-hydrogen) atoms. The van der Waals surface area contributed by atoms with Crippen LogP contribution in [0.4, 0.5) is 0 Å². The molecule has 0 saturated carbocycles. The van der Waals surface area contributed by atoms with Crippen LogP contribution in [0.1, 0.15) is 84.0 Å². The smallest absolute Gasteiger partial charge is 0.394 e. The first-order valence-electron chi connectivity index (χ1n) is 14.6. The Morgan fingerprint density at radius 2 is 1.45 bits per heavy atom. The van der Waals surface area contributed by atoms with Crippen LogP contribution < -0.4 is 0 Å². The van der Waals surface area contributed by atoms with Crippen molar-refractivity contribution in [3.63, 3.8) is 0 Å². The molecule has 2 aliphatic rings. The number of rotatable bonds is 21. The lowest BCUT2D eigenvalue weighted by molar-refractivity contribution is -0.316. The van der Waals surface area contributed by atoms with Crippen LogP contribution in [-0.4, -0.2) is 120 Å². The Morgan fingerprint density at radius 3 is 2.00 bits per heavy atom. The lowest BCUT2D eigenvalue weighted by Crippen LogP contribution is -2.62. The monoisotopic (exact) mass is 602 g/mol. The van der Waals surface area contributed by atoms with Gasteiger partial charge in [0.2, 0.25) is 0 Å². The molecular formula is C26H50O13S. The fourth-order valence-electron chi connectivity index (χ4n) is 5.03. The molecule has 2 aliphatic heterocycles. The summed E-state index contributed by atoms with van der Waals surface area (Å²) in [5, 5.41) is 51.1. The van der Waals surface area contributed by atoms with E-state index < -0.39 is 72.1 Å². The molecule has 2 rings (SSSR count). The van der Waals surface area contributed by atoms with Crippen LogP contribution in [0.15, 0.2) is 0 Å². The zero-order valence-corrected chi connectivity index (χ0v) is 24.3. The van der Waals surface area contributed by atoms with Crippen LogP contribution in [0.3, 0.4) is 0 Å². The minimum atomic E-state index is -5.08. The summed E-state index contributed by atoms with van der Waals surface area (Å²) in [4.78, 5) is 0. The van der Waals surface area contributed by atoms with Crippen molar-refractivity contribution in [3.8, 4) is 0 Å². The fourth-order valence-corrected chi connectivity index (χ4v) is 5.54. The van der Waals surface area contributed by atoms with Gasteiger partial charge in [-0.3, -0.25) is 4.55 Å². The Morgan fingerprint density at radius 1 is 0.875 bits per heavy atom. The Balaban J connectivity index is 1.70. The molecule has 13 nitrogen and oxygen atoms in total. The summed E-state index contributed by atoms with van der Waals surface area (Å²) in [5.41, 5.74) is 0. The molecule has 2 fully saturated rings. The summed E-state index contributed by atoms with van der Waals surface area (Å²) in [5.74, 6) is 0. The van der Waals surface area contributed by atoms with Gasteiger partial charge in [-0.15, -0.1) is 0 Å². The molecule has 0 spiro atoms. The third-order valence-electron chi connectivity index (χ3n) is 7.32. The second-order valence-electron chi connectivity index (χ2n) is 10.7. The summed E-state index contributed by atoms with van der Waals surface area (Å²) < 4.78 is 57.7. The van der Waals surface area contributed by atoms with E-state index in [1.54, 1.807) is 0 Å². The normalized spacial score (nSPS) is 32.0. The summed E-state index contributed by atoms with van der Waals surface area (Å²) in [6.07, 6.45) is 1.16. The van der Waals surface area contributed by atoms with Gasteiger partial charge in [0.15, 0.2) is 6.29 Å². The third-order valence-corrected chi connectivity index (χ3v) is 7.78. The number of hydrogen-bond donors (Lipinski definition) is 6. The van der Waals surface area contributed by atoms with Gasteiger partial charge in [0, 0.05) is 6.61 Å². The Kier molecular flexibility index (Phi) is 16.9. The minimum Gasteiger partial charge on any atom is -0.394 e. The predicted molar refractivity (Wildman–Crippen MR) is 143 cm³/mol. The van der Waals surface area contributed by atoms with E-state index in [1.165, 1.54) is 57.8 Å². The molecule has 0 radical (unpaired) electrons. The van der Waals surface area contributed by atoms with Crippen molar-refractivity contribution in [2.45, 2.75) is 139 Å². The molecule has 2 heterocycles. The molecule has 238 valence electrons. The van der Waals surface area contributed by atoms with E-state index in [1.807, 2.05) is 0 Å². The molecule has 0 aromatic carbocycles. The van der Waals surface area contributed by atoms with Crippen molar-refractivity contribution < 1.29 is 61.6 Å². The van der Waals surface area contributed by atoms with Gasteiger partial charge in [0.1, 0.15) is 48.8 Å². The van der Waals surface area contributed by atoms with Crippen molar-refractivity contribution in [1.29, 1.82) is 0 Å². The summed E-state index contributed by atoms with van der Waals surface area (Å²) >= 11 is 0. The van der Waals surface area contributed by atoms with Gasteiger partial charge in [-0.25, -0.2) is 4.18 Å². The second kappa shape index (κ2) is 18.9. The Bertz CT molecular complexity index is 770. The van der Waals surface area contributed by atoms with Gasteiger partial charge in [-0.2, -0.15) is 8.42 Å². The highest BCUT2D eigenvalue weighted by Crippen LogP contribution is 2.30. The summed E-state index contributed by atoms with van der Waals surface area (Å²) in [7, 11) is -5.08. The van der Waals surface area contributed by atoms with Crippen LogP contribution in [-0.2, 0) is 33.5 Å². The second-order valence-corrected chi connectivity index (χ2v) is 11.7. The quantitative estimate of drug-likeness (QED) is 0.0798.